The number of phenolic OH excluding ortho intramolecular Hbond substituents is 1. The summed E-state index contributed by atoms with van der Waals surface area (Å²) in [6.45, 7) is 6.70. The van der Waals surface area contributed by atoms with E-state index in [4.69, 9.17) is 23.7 Å². The topological polar surface area (TPSA) is 131 Å². The molecule has 0 bridgehead atoms. The van der Waals surface area contributed by atoms with Gasteiger partial charge in [0.1, 0.15) is 45.6 Å². The molecular formula is C30H44N4O8. The monoisotopic (exact) mass is 588 g/mol. The number of amides is 2. The molecule has 0 aromatic heterocycles. The molecule has 1 heterocycles. The standard InChI is InChI=1S/C30H44N4O8/c1-38-22-19-25(41-4)28(26(20-22)42-5)30(37)32-10-7-12-34-14-8-13-33(15-16-34)11-6-9-31-29(36)27-23(39-2)17-21(35)18-24(27)40-3/h17-20,35H,6-16H2,1-5H3,(H,31,36)(H,32,37). The largest absolute Gasteiger partial charge is 0.508 e. The van der Waals surface area contributed by atoms with E-state index in [-0.39, 0.29) is 34.6 Å². The molecule has 1 aliphatic heterocycles. The van der Waals surface area contributed by atoms with Crippen LogP contribution < -0.4 is 34.3 Å². The Bertz CT molecular complexity index is 1140. The van der Waals surface area contributed by atoms with Gasteiger partial charge in [-0.3, -0.25) is 9.59 Å². The van der Waals surface area contributed by atoms with Gasteiger partial charge < -0.3 is 49.2 Å². The Hall–Kier alpha value is -3.90. The number of nitrogens with zero attached hydrogens (tertiary/aromatic N) is 2. The molecule has 12 heteroatoms. The molecule has 12 nitrogen and oxygen atoms in total. The predicted molar refractivity (Wildman–Crippen MR) is 159 cm³/mol. The van der Waals surface area contributed by atoms with E-state index in [0.29, 0.717) is 35.9 Å². The Kier molecular flexibility index (Phi) is 12.8. The molecule has 3 N–H and O–H groups in total. The summed E-state index contributed by atoms with van der Waals surface area (Å²) in [6, 6.07) is 6.11. The second kappa shape index (κ2) is 16.5. The Morgan fingerprint density at radius 1 is 0.667 bits per heavy atom. The van der Waals surface area contributed by atoms with E-state index < -0.39 is 0 Å². The zero-order valence-corrected chi connectivity index (χ0v) is 25.3. The van der Waals surface area contributed by atoms with Crippen LogP contribution in [0.5, 0.6) is 34.5 Å². The number of ether oxygens (including phenoxy) is 5. The molecule has 232 valence electrons. The van der Waals surface area contributed by atoms with Gasteiger partial charge in [0.15, 0.2) is 0 Å². The maximum absolute atomic E-state index is 12.9. The fourth-order valence-corrected chi connectivity index (χ4v) is 5.01. The smallest absolute Gasteiger partial charge is 0.258 e. The molecule has 2 aromatic rings. The maximum atomic E-state index is 12.9. The normalized spacial score (nSPS) is 14.0. The summed E-state index contributed by atoms with van der Waals surface area (Å²) in [5.74, 6) is 1.29. The number of carbonyl (C=O) groups is 2. The van der Waals surface area contributed by atoms with Crippen LogP contribution in [0.1, 0.15) is 40.0 Å². The van der Waals surface area contributed by atoms with Gasteiger partial charge in [-0.05, 0) is 45.4 Å². The lowest BCUT2D eigenvalue weighted by Gasteiger charge is -2.22. The maximum Gasteiger partial charge on any atom is 0.258 e. The summed E-state index contributed by atoms with van der Waals surface area (Å²) in [7, 11) is 7.46. The minimum Gasteiger partial charge on any atom is -0.508 e. The van der Waals surface area contributed by atoms with E-state index >= 15 is 0 Å². The number of benzene rings is 2. The van der Waals surface area contributed by atoms with Crippen LogP contribution in [-0.4, -0.2) is 115 Å². The minimum absolute atomic E-state index is 0.0323. The SMILES string of the molecule is COc1cc(OC)c(C(=O)NCCCN2CCCN(CCCNC(=O)c3c(OC)cc(O)cc3OC)CC2)c(OC)c1. The number of methoxy groups -OCH3 is 5. The summed E-state index contributed by atoms with van der Waals surface area (Å²) >= 11 is 0. The Balaban J connectivity index is 1.38. The average molecular weight is 589 g/mol. The lowest BCUT2D eigenvalue weighted by Crippen LogP contribution is -2.34. The van der Waals surface area contributed by atoms with Gasteiger partial charge in [-0.2, -0.15) is 0 Å². The van der Waals surface area contributed by atoms with Crippen molar-refractivity contribution < 1.29 is 38.4 Å². The second-order valence-electron chi connectivity index (χ2n) is 9.89. The molecule has 42 heavy (non-hydrogen) atoms. The second-order valence-corrected chi connectivity index (χ2v) is 9.89. The van der Waals surface area contributed by atoms with Crippen molar-refractivity contribution >= 4 is 11.8 Å². The van der Waals surface area contributed by atoms with Gasteiger partial charge in [0.25, 0.3) is 11.8 Å². The summed E-state index contributed by atoms with van der Waals surface area (Å²) in [4.78, 5) is 30.5. The summed E-state index contributed by atoms with van der Waals surface area (Å²) in [5, 5.41) is 15.7. The highest BCUT2D eigenvalue weighted by molar-refractivity contribution is 6.00. The number of hydrogen-bond donors (Lipinski definition) is 3. The number of phenols is 1. The number of carbonyl (C=O) groups excluding carboxylic acids is 2. The van der Waals surface area contributed by atoms with E-state index in [9.17, 15) is 14.7 Å². The van der Waals surface area contributed by atoms with Crippen LogP contribution in [0.4, 0.5) is 0 Å². The van der Waals surface area contributed by atoms with Crippen molar-refractivity contribution in [2.24, 2.45) is 0 Å². The van der Waals surface area contributed by atoms with Crippen molar-refractivity contribution in [1.29, 1.82) is 0 Å². The van der Waals surface area contributed by atoms with Gasteiger partial charge in [-0.15, -0.1) is 0 Å². The fraction of sp³-hybridized carbons (Fsp3) is 0.533. The van der Waals surface area contributed by atoms with Crippen LogP contribution in [0.15, 0.2) is 24.3 Å². The molecule has 0 aliphatic carbocycles. The molecule has 1 saturated heterocycles. The summed E-state index contributed by atoms with van der Waals surface area (Å²) < 4.78 is 26.6. The number of aromatic hydroxyl groups is 1. The zero-order valence-electron chi connectivity index (χ0n) is 25.3. The molecule has 1 aliphatic rings. The van der Waals surface area contributed by atoms with Gasteiger partial charge in [0.2, 0.25) is 0 Å². The Labute approximate surface area is 247 Å². The van der Waals surface area contributed by atoms with Crippen molar-refractivity contribution in [3.8, 4) is 34.5 Å². The molecule has 2 amide bonds. The van der Waals surface area contributed by atoms with Crippen LogP contribution in [-0.2, 0) is 0 Å². The van der Waals surface area contributed by atoms with Gasteiger partial charge in [0.05, 0.1) is 35.5 Å². The molecular weight excluding hydrogens is 544 g/mol. The number of nitrogens with one attached hydrogen (secondary N) is 2. The van der Waals surface area contributed by atoms with Crippen LogP contribution >= 0.6 is 0 Å². The Morgan fingerprint density at radius 2 is 1.07 bits per heavy atom. The third kappa shape index (κ3) is 8.80. The van der Waals surface area contributed by atoms with Crippen molar-refractivity contribution in [3.05, 3.63) is 35.4 Å². The summed E-state index contributed by atoms with van der Waals surface area (Å²) in [6.07, 6.45) is 2.68. The van der Waals surface area contributed by atoms with Crippen LogP contribution in [0, 0.1) is 0 Å². The molecule has 3 rings (SSSR count). The van der Waals surface area contributed by atoms with Crippen LogP contribution in [0.3, 0.4) is 0 Å². The van der Waals surface area contributed by atoms with Crippen molar-refractivity contribution in [2.45, 2.75) is 19.3 Å². The van der Waals surface area contributed by atoms with Gasteiger partial charge in [0, 0.05) is 50.4 Å². The molecule has 2 aromatic carbocycles. The van der Waals surface area contributed by atoms with Gasteiger partial charge in [-0.25, -0.2) is 0 Å². The van der Waals surface area contributed by atoms with Gasteiger partial charge >= 0.3 is 0 Å². The van der Waals surface area contributed by atoms with E-state index in [2.05, 4.69) is 20.4 Å². The van der Waals surface area contributed by atoms with Crippen molar-refractivity contribution in [2.75, 3.05) is 87.9 Å². The van der Waals surface area contributed by atoms with Crippen molar-refractivity contribution in [1.82, 2.24) is 20.4 Å². The quantitative estimate of drug-likeness (QED) is 0.267. The highest BCUT2D eigenvalue weighted by Crippen LogP contribution is 2.34. The lowest BCUT2D eigenvalue weighted by molar-refractivity contribution is 0.0936. The molecule has 0 unspecified atom stereocenters. The van der Waals surface area contributed by atoms with E-state index in [1.165, 1.54) is 40.6 Å². The molecule has 0 spiro atoms. The minimum atomic E-state index is -0.304. The van der Waals surface area contributed by atoms with E-state index in [1.54, 1.807) is 19.2 Å². The molecule has 1 fully saturated rings. The fourth-order valence-electron chi connectivity index (χ4n) is 5.01. The highest BCUT2D eigenvalue weighted by atomic mass is 16.5. The first-order valence-electron chi connectivity index (χ1n) is 14.1. The molecule has 0 atom stereocenters. The van der Waals surface area contributed by atoms with E-state index in [1.807, 2.05) is 0 Å². The van der Waals surface area contributed by atoms with E-state index in [0.717, 1.165) is 58.5 Å². The first-order valence-corrected chi connectivity index (χ1v) is 14.1. The first kappa shape index (κ1) is 32.6. The molecule has 0 saturated carbocycles. The predicted octanol–water partition coefficient (Wildman–Crippen LogP) is 2.38. The van der Waals surface area contributed by atoms with Crippen LogP contribution in [0.2, 0.25) is 0 Å². The molecule has 0 radical (unpaired) electrons. The Morgan fingerprint density at radius 3 is 1.45 bits per heavy atom. The van der Waals surface area contributed by atoms with Crippen molar-refractivity contribution in [3.63, 3.8) is 0 Å². The van der Waals surface area contributed by atoms with Gasteiger partial charge in [-0.1, -0.05) is 0 Å². The lowest BCUT2D eigenvalue weighted by atomic mass is 10.1. The number of rotatable bonds is 15. The zero-order chi connectivity index (χ0) is 30.5. The third-order valence-electron chi connectivity index (χ3n) is 7.21. The third-order valence-corrected chi connectivity index (χ3v) is 7.21. The highest BCUT2D eigenvalue weighted by Gasteiger charge is 2.22. The number of hydrogen-bond acceptors (Lipinski definition) is 10. The summed E-state index contributed by atoms with van der Waals surface area (Å²) in [5.41, 5.74) is 0.616. The average Bonchev–Trinajstić information content (AvgIpc) is 3.24. The van der Waals surface area contributed by atoms with Crippen LogP contribution in [0.25, 0.3) is 0 Å². The first-order chi connectivity index (χ1) is 20.3.